The van der Waals surface area contributed by atoms with Gasteiger partial charge in [0.15, 0.2) is 0 Å². The monoisotopic (exact) mass is 146 g/mol. The number of ether oxygens (including phenoxy) is 2. The van der Waals surface area contributed by atoms with E-state index in [1.54, 1.807) is 14.2 Å². The molecule has 0 atom stereocenters. The molecular weight excluding hydrogens is 132 g/mol. The van der Waals surface area contributed by atoms with Gasteiger partial charge in [0.25, 0.3) is 0 Å². The zero-order valence-corrected chi connectivity index (χ0v) is 7.51. The van der Waals surface area contributed by atoms with E-state index >= 15 is 0 Å². The fourth-order valence-corrected chi connectivity index (χ4v) is 1.57. The Morgan fingerprint density at radius 1 is 1.56 bits per heavy atom. The van der Waals surface area contributed by atoms with Gasteiger partial charge < -0.3 is 9.47 Å². The van der Waals surface area contributed by atoms with E-state index in [2.05, 4.69) is 6.58 Å². The molecule has 0 aromatic heterocycles. The molecule has 0 unspecified atom stereocenters. The third-order valence-electron chi connectivity index (χ3n) is 1.13. The van der Waals surface area contributed by atoms with E-state index in [0.29, 0.717) is 0 Å². The smallest absolute Gasteiger partial charge is 0.134 e. The van der Waals surface area contributed by atoms with E-state index in [0.717, 1.165) is 6.04 Å². The van der Waals surface area contributed by atoms with Crippen LogP contribution in [0.15, 0.2) is 12.7 Å². The number of allylic oxidation sites excluding steroid dienone is 1. The maximum absolute atomic E-state index is 4.99. The molecule has 0 bridgehead atoms. The average molecular weight is 146 g/mol. The molecule has 0 aromatic rings. The molecule has 9 heavy (non-hydrogen) atoms. The third kappa shape index (κ3) is 4.38. The Morgan fingerprint density at radius 3 is 2.44 bits per heavy atom. The summed E-state index contributed by atoms with van der Waals surface area (Å²) in [7, 11) is 3.10. The Kier molecular flexibility index (Phi) is 5.92. The highest BCUT2D eigenvalue weighted by Crippen LogP contribution is 1.91. The predicted molar refractivity (Wildman–Crippen MR) is 41.4 cm³/mol. The number of rotatable bonds is 5. The number of hydrogen-bond donors (Lipinski definition) is 0. The van der Waals surface area contributed by atoms with Crippen LogP contribution in [0.1, 0.15) is 0 Å². The molecule has 0 saturated carbocycles. The maximum Gasteiger partial charge on any atom is 0.134 e. The molecule has 0 aliphatic heterocycles. The lowest BCUT2D eigenvalue weighted by Gasteiger charge is -2.10. The molecule has 0 aromatic carbocycles. The van der Waals surface area contributed by atoms with Gasteiger partial charge in [0.2, 0.25) is 0 Å². The summed E-state index contributed by atoms with van der Waals surface area (Å²) in [6.07, 6.45) is 1.91. The molecular formula is C6H14O2Si. The van der Waals surface area contributed by atoms with Gasteiger partial charge in [-0.05, 0) is 6.04 Å². The summed E-state index contributed by atoms with van der Waals surface area (Å²) in [4.78, 5) is 0. The molecule has 54 valence electrons. The van der Waals surface area contributed by atoms with Gasteiger partial charge in [0.1, 0.15) is 5.91 Å². The molecule has 0 heterocycles. The van der Waals surface area contributed by atoms with Gasteiger partial charge in [-0.2, -0.15) is 0 Å². The first-order chi connectivity index (χ1) is 4.35. The fraction of sp³-hybridized carbons (Fsp3) is 0.667. The first-order valence-electron chi connectivity index (χ1n) is 3.01. The number of hydrogen-bond acceptors (Lipinski definition) is 2. The number of methoxy groups -OCH3 is 2. The third-order valence-corrected chi connectivity index (χ3v) is 3.01. The summed E-state index contributed by atoms with van der Waals surface area (Å²) >= 11 is 0. The van der Waals surface area contributed by atoms with Crippen molar-refractivity contribution in [3.05, 3.63) is 12.7 Å². The minimum atomic E-state index is -0.237. The average Bonchev–Trinajstić information content (AvgIpc) is 1.91. The largest absolute Gasteiger partial charge is 0.360 e. The van der Waals surface area contributed by atoms with E-state index in [1.807, 2.05) is 6.08 Å². The Bertz CT molecular complexity index is 71.5. The standard InChI is InChI=1S/C6H14O2Si/c1-4-5-9-6(7-2)8-3/h4,6H,1,5,9H2,2-3H3. The predicted octanol–water partition coefficient (Wildman–Crippen LogP) is 0.336. The highest BCUT2D eigenvalue weighted by atomic mass is 28.2. The van der Waals surface area contributed by atoms with Crippen LogP contribution in [-0.4, -0.2) is 29.7 Å². The Labute approximate surface area is 58.7 Å². The molecule has 0 aliphatic carbocycles. The summed E-state index contributed by atoms with van der Waals surface area (Å²) in [5.74, 6) is 0.0722. The quantitative estimate of drug-likeness (QED) is 0.316. The van der Waals surface area contributed by atoms with Crippen LogP contribution in [0.25, 0.3) is 0 Å². The van der Waals surface area contributed by atoms with Crippen molar-refractivity contribution in [2.24, 2.45) is 0 Å². The van der Waals surface area contributed by atoms with Crippen LogP contribution in [0, 0.1) is 0 Å². The van der Waals surface area contributed by atoms with Crippen molar-refractivity contribution >= 4 is 9.52 Å². The van der Waals surface area contributed by atoms with Crippen molar-refractivity contribution in [3.8, 4) is 0 Å². The van der Waals surface area contributed by atoms with Crippen LogP contribution >= 0.6 is 0 Å². The van der Waals surface area contributed by atoms with E-state index in [4.69, 9.17) is 9.47 Å². The second-order valence-electron chi connectivity index (χ2n) is 1.77. The van der Waals surface area contributed by atoms with Gasteiger partial charge in [-0.3, -0.25) is 0 Å². The summed E-state index contributed by atoms with van der Waals surface area (Å²) < 4.78 is 9.99. The Hall–Kier alpha value is -0.123. The molecule has 0 radical (unpaired) electrons. The van der Waals surface area contributed by atoms with Crippen molar-refractivity contribution in [1.82, 2.24) is 0 Å². The Morgan fingerprint density at radius 2 is 2.11 bits per heavy atom. The zero-order chi connectivity index (χ0) is 7.11. The SMILES string of the molecule is C=CC[SiH2]C(OC)OC. The van der Waals surface area contributed by atoms with Gasteiger partial charge in [-0.15, -0.1) is 6.58 Å². The topological polar surface area (TPSA) is 18.5 Å². The van der Waals surface area contributed by atoms with Gasteiger partial charge in [0, 0.05) is 14.2 Å². The summed E-state index contributed by atoms with van der Waals surface area (Å²) in [6, 6.07) is 1.08. The summed E-state index contributed by atoms with van der Waals surface area (Å²) in [5, 5.41) is 0. The molecule has 0 rings (SSSR count). The summed E-state index contributed by atoms with van der Waals surface area (Å²) in [5.41, 5.74) is 0. The van der Waals surface area contributed by atoms with Crippen molar-refractivity contribution < 1.29 is 9.47 Å². The van der Waals surface area contributed by atoms with E-state index < -0.39 is 0 Å². The lowest BCUT2D eigenvalue weighted by molar-refractivity contribution is -0.0438. The van der Waals surface area contributed by atoms with E-state index in [9.17, 15) is 0 Å². The van der Waals surface area contributed by atoms with Gasteiger partial charge in [-0.25, -0.2) is 0 Å². The van der Waals surface area contributed by atoms with Crippen molar-refractivity contribution in [1.29, 1.82) is 0 Å². The van der Waals surface area contributed by atoms with Crippen LogP contribution in [0.3, 0.4) is 0 Å². The second kappa shape index (κ2) is 6.00. The first-order valence-corrected chi connectivity index (χ1v) is 4.83. The normalized spacial score (nSPS) is 11.4. The minimum absolute atomic E-state index is 0.0722. The van der Waals surface area contributed by atoms with Crippen molar-refractivity contribution in [2.45, 2.75) is 12.0 Å². The molecule has 3 heteroatoms. The van der Waals surface area contributed by atoms with Crippen LogP contribution in [0.4, 0.5) is 0 Å². The van der Waals surface area contributed by atoms with E-state index in [-0.39, 0.29) is 15.4 Å². The summed E-state index contributed by atoms with van der Waals surface area (Å²) in [6.45, 7) is 3.62. The lowest BCUT2D eigenvalue weighted by Crippen LogP contribution is -2.20. The highest BCUT2D eigenvalue weighted by Gasteiger charge is 2.01. The molecule has 0 aliphatic rings. The minimum Gasteiger partial charge on any atom is -0.360 e. The fourth-order valence-electron chi connectivity index (χ4n) is 0.586. The molecule has 0 saturated heterocycles. The van der Waals surface area contributed by atoms with Crippen LogP contribution in [0.2, 0.25) is 6.04 Å². The van der Waals surface area contributed by atoms with Crippen LogP contribution in [-0.2, 0) is 9.47 Å². The van der Waals surface area contributed by atoms with Gasteiger partial charge in [-0.1, -0.05) is 6.08 Å². The molecule has 0 N–H and O–H groups in total. The molecule has 0 amide bonds. The molecule has 2 nitrogen and oxygen atoms in total. The van der Waals surface area contributed by atoms with Crippen LogP contribution in [0.5, 0.6) is 0 Å². The molecule has 0 fully saturated rings. The zero-order valence-electron chi connectivity index (χ0n) is 6.09. The first kappa shape index (κ1) is 8.88. The van der Waals surface area contributed by atoms with Gasteiger partial charge in [0.05, 0.1) is 9.52 Å². The molecule has 0 spiro atoms. The maximum atomic E-state index is 4.99. The lowest BCUT2D eigenvalue weighted by atomic mass is 10.8. The van der Waals surface area contributed by atoms with Crippen LogP contribution < -0.4 is 0 Å². The second-order valence-corrected chi connectivity index (χ2v) is 3.59. The Balaban J connectivity index is 3.19. The highest BCUT2D eigenvalue weighted by molar-refractivity contribution is 6.37. The van der Waals surface area contributed by atoms with Crippen molar-refractivity contribution in [2.75, 3.05) is 14.2 Å². The van der Waals surface area contributed by atoms with Gasteiger partial charge >= 0.3 is 0 Å². The van der Waals surface area contributed by atoms with E-state index in [1.165, 1.54) is 0 Å². The van der Waals surface area contributed by atoms with Crippen molar-refractivity contribution in [3.63, 3.8) is 0 Å².